The van der Waals surface area contributed by atoms with Crippen LogP contribution in [-0.2, 0) is 5.75 Å². The lowest BCUT2D eigenvalue weighted by molar-refractivity contribution is -0.0498. The standard InChI is InChI=1S/C20H21F2N3O3S2/c1-11-9-16(18(26)13(3)30-20-24-23-17(28-20)10-29-4)12(2)25(11)14-5-7-15(8-6-14)27-19(21)22/h5-9,13,19H,10H2,1-4H3. The Hall–Kier alpha value is -2.33. The zero-order valence-corrected chi connectivity index (χ0v) is 18.5. The number of nitrogens with zero attached hydrogens (tertiary/aromatic N) is 3. The van der Waals surface area contributed by atoms with E-state index >= 15 is 0 Å². The van der Waals surface area contributed by atoms with Crippen molar-refractivity contribution in [2.24, 2.45) is 0 Å². The molecule has 0 spiro atoms. The van der Waals surface area contributed by atoms with Crippen LogP contribution in [0.1, 0.15) is 34.6 Å². The lowest BCUT2D eigenvalue weighted by Crippen LogP contribution is -2.14. The van der Waals surface area contributed by atoms with E-state index in [0.29, 0.717) is 22.4 Å². The van der Waals surface area contributed by atoms with Crippen molar-refractivity contribution in [1.82, 2.24) is 14.8 Å². The number of hydrogen-bond acceptors (Lipinski definition) is 7. The van der Waals surface area contributed by atoms with Crippen LogP contribution in [0.3, 0.4) is 0 Å². The molecule has 0 amide bonds. The second-order valence-corrected chi connectivity index (χ2v) is 8.67. The van der Waals surface area contributed by atoms with Gasteiger partial charge in [0.05, 0.1) is 11.0 Å². The molecule has 2 heterocycles. The van der Waals surface area contributed by atoms with Gasteiger partial charge >= 0.3 is 6.61 Å². The first-order chi connectivity index (χ1) is 14.3. The highest BCUT2D eigenvalue weighted by Gasteiger charge is 2.24. The maximum atomic E-state index is 13.0. The van der Waals surface area contributed by atoms with Crippen LogP contribution < -0.4 is 4.74 Å². The number of carbonyl (C=O) groups is 1. The third-order valence-electron chi connectivity index (χ3n) is 4.38. The molecule has 0 radical (unpaired) electrons. The molecule has 1 aromatic carbocycles. The normalized spacial score (nSPS) is 12.4. The fourth-order valence-corrected chi connectivity index (χ4v) is 4.21. The number of ketones is 1. The van der Waals surface area contributed by atoms with Crippen molar-refractivity contribution < 1.29 is 22.7 Å². The summed E-state index contributed by atoms with van der Waals surface area (Å²) < 4.78 is 36.5. The van der Waals surface area contributed by atoms with Crippen LogP contribution in [0.25, 0.3) is 5.69 Å². The highest BCUT2D eigenvalue weighted by molar-refractivity contribution is 8.00. The van der Waals surface area contributed by atoms with Crippen LogP contribution in [0.15, 0.2) is 40.0 Å². The molecule has 0 fully saturated rings. The summed E-state index contributed by atoms with van der Waals surface area (Å²) in [6.45, 7) is 2.67. The van der Waals surface area contributed by atoms with E-state index in [-0.39, 0.29) is 11.5 Å². The first-order valence-electron chi connectivity index (χ1n) is 9.06. The molecule has 160 valence electrons. The highest BCUT2D eigenvalue weighted by Crippen LogP contribution is 2.29. The fraction of sp³-hybridized carbons (Fsp3) is 0.350. The van der Waals surface area contributed by atoms with Crippen molar-refractivity contribution in [3.05, 3.63) is 53.2 Å². The van der Waals surface area contributed by atoms with Crippen LogP contribution in [0.5, 0.6) is 5.75 Å². The topological polar surface area (TPSA) is 70.2 Å². The van der Waals surface area contributed by atoms with Gasteiger partial charge in [-0.3, -0.25) is 4.79 Å². The number of halogens is 2. The molecule has 10 heteroatoms. The Morgan fingerprint density at radius 3 is 2.57 bits per heavy atom. The predicted molar refractivity (Wildman–Crippen MR) is 113 cm³/mol. The molecule has 6 nitrogen and oxygen atoms in total. The van der Waals surface area contributed by atoms with E-state index in [1.165, 1.54) is 23.9 Å². The maximum Gasteiger partial charge on any atom is 0.387 e. The molecule has 0 N–H and O–H groups in total. The van der Waals surface area contributed by atoms with Crippen molar-refractivity contribution in [3.63, 3.8) is 0 Å². The summed E-state index contributed by atoms with van der Waals surface area (Å²) in [5, 5.41) is 7.89. The van der Waals surface area contributed by atoms with E-state index in [1.54, 1.807) is 30.8 Å². The summed E-state index contributed by atoms with van der Waals surface area (Å²) >= 11 is 2.80. The number of carbonyl (C=O) groups excluding carboxylic acids is 1. The molecule has 0 bridgehead atoms. The predicted octanol–water partition coefficient (Wildman–Crippen LogP) is 5.31. The molecule has 3 aromatic rings. The number of ether oxygens (including phenoxy) is 1. The van der Waals surface area contributed by atoms with Gasteiger partial charge in [-0.05, 0) is 57.4 Å². The Bertz CT molecular complexity index is 1020. The van der Waals surface area contributed by atoms with Crippen LogP contribution in [-0.4, -0.2) is 38.7 Å². The number of Topliss-reactive ketones (excluding diaryl/α,β-unsaturated/α-hetero) is 1. The largest absolute Gasteiger partial charge is 0.435 e. The molecule has 1 unspecified atom stereocenters. The average Bonchev–Trinajstić information content (AvgIpc) is 3.25. The van der Waals surface area contributed by atoms with Gasteiger partial charge in [0.2, 0.25) is 5.89 Å². The molecule has 2 aromatic heterocycles. The molecular weight excluding hydrogens is 432 g/mol. The van der Waals surface area contributed by atoms with Crippen molar-refractivity contribution in [1.29, 1.82) is 0 Å². The van der Waals surface area contributed by atoms with Gasteiger partial charge in [-0.25, -0.2) is 0 Å². The zero-order valence-electron chi connectivity index (χ0n) is 16.9. The monoisotopic (exact) mass is 453 g/mol. The van der Waals surface area contributed by atoms with Gasteiger partial charge in [0, 0.05) is 22.6 Å². The molecule has 0 aliphatic carbocycles. The SMILES string of the molecule is CSCc1nnc(SC(C)C(=O)c2cc(C)n(-c3ccc(OC(F)F)cc3)c2C)o1. The van der Waals surface area contributed by atoms with Crippen LogP contribution in [0.2, 0.25) is 0 Å². The number of benzene rings is 1. The van der Waals surface area contributed by atoms with Gasteiger partial charge in [-0.15, -0.1) is 10.2 Å². The Labute approximate surface area is 181 Å². The Morgan fingerprint density at radius 1 is 1.23 bits per heavy atom. The second-order valence-electron chi connectivity index (χ2n) is 6.51. The number of thioether (sulfide) groups is 2. The summed E-state index contributed by atoms with van der Waals surface area (Å²) in [6.07, 6.45) is 1.94. The number of aryl methyl sites for hydroxylation is 1. The molecule has 30 heavy (non-hydrogen) atoms. The Morgan fingerprint density at radius 2 is 1.93 bits per heavy atom. The molecule has 0 aliphatic heterocycles. The Balaban J connectivity index is 1.79. The van der Waals surface area contributed by atoms with E-state index < -0.39 is 11.9 Å². The summed E-state index contributed by atoms with van der Waals surface area (Å²) in [5.41, 5.74) is 2.96. The summed E-state index contributed by atoms with van der Waals surface area (Å²) in [7, 11) is 0. The van der Waals surface area contributed by atoms with Crippen molar-refractivity contribution in [3.8, 4) is 11.4 Å². The van der Waals surface area contributed by atoms with Crippen molar-refractivity contribution >= 4 is 29.3 Å². The van der Waals surface area contributed by atoms with E-state index in [0.717, 1.165) is 17.1 Å². The van der Waals surface area contributed by atoms with Gasteiger partial charge < -0.3 is 13.7 Å². The Kier molecular flexibility index (Phi) is 7.19. The number of aromatic nitrogens is 3. The third kappa shape index (κ3) is 5.04. The average molecular weight is 454 g/mol. The van der Waals surface area contributed by atoms with Crippen LogP contribution in [0.4, 0.5) is 8.78 Å². The lowest BCUT2D eigenvalue weighted by Gasteiger charge is -2.12. The lowest BCUT2D eigenvalue weighted by atomic mass is 10.1. The molecule has 0 saturated heterocycles. The highest BCUT2D eigenvalue weighted by atomic mass is 32.2. The van der Waals surface area contributed by atoms with Gasteiger partial charge in [0.15, 0.2) is 5.78 Å². The maximum absolute atomic E-state index is 13.0. The van der Waals surface area contributed by atoms with Gasteiger partial charge in [-0.1, -0.05) is 11.8 Å². The van der Waals surface area contributed by atoms with Crippen molar-refractivity contribution in [2.75, 3.05) is 6.26 Å². The summed E-state index contributed by atoms with van der Waals surface area (Å²) in [5.74, 6) is 1.18. The minimum Gasteiger partial charge on any atom is -0.435 e. The molecule has 3 rings (SSSR count). The fourth-order valence-electron chi connectivity index (χ4n) is 3.08. The number of rotatable bonds is 9. The van der Waals surface area contributed by atoms with E-state index in [1.807, 2.05) is 30.7 Å². The minimum absolute atomic E-state index is 0.0541. The van der Waals surface area contributed by atoms with Gasteiger partial charge in [-0.2, -0.15) is 20.5 Å². The first kappa shape index (κ1) is 22.4. The number of alkyl halides is 2. The first-order valence-corrected chi connectivity index (χ1v) is 11.3. The van der Waals surface area contributed by atoms with E-state index in [2.05, 4.69) is 14.9 Å². The quantitative estimate of drug-likeness (QED) is 0.321. The summed E-state index contributed by atoms with van der Waals surface area (Å²) in [6, 6.07) is 8.13. The molecule has 0 aliphatic rings. The van der Waals surface area contributed by atoms with E-state index in [9.17, 15) is 13.6 Å². The molecule has 1 atom stereocenters. The van der Waals surface area contributed by atoms with Gasteiger partial charge in [0.1, 0.15) is 5.75 Å². The second kappa shape index (κ2) is 9.65. The third-order valence-corrected chi connectivity index (χ3v) is 5.85. The zero-order chi connectivity index (χ0) is 21.8. The van der Waals surface area contributed by atoms with Crippen LogP contribution in [0, 0.1) is 13.8 Å². The summed E-state index contributed by atoms with van der Waals surface area (Å²) in [4.78, 5) is 13.0. The minimum atomic E-state index is -2.87. The molecular formula is C20H21F2N3O3S2. The van der Waals surface area contributed by atoms with Gasteiger partial charge in [0.25, 0.3) is 5.22 Å². The van der Waals surface area contributed by atoms with E-state index in [4.69, 9.17) is 4.42 Å². The van der Waals surface area contributed by atoms with Crippen LogP contribution >= 0.6 is 23.5 Å². The van der Waals surface area contributed by atoms with Crippen molar-refractivity contribution in [2.45, 2.75) is 43.6 Å². The smallest absolute Gasteiger partial charge is 0.387 e. The molecule has 0 saturated carbocycles. The number of hydrogen-bond donors (Lipinski definition) is 0.